The minimum Gasteiger partial charge on any atom is -0.352 e. The fourth-order valence-corrected chi connectivity index (χ4v) is 4.88. The molecule has 0 bridgehead atoms. The van der Waals surface area contributed by atoms with E-state index in [1.807, 2.05) is 33.8 Å². The Hall–Kier alpha value is -2.94. The summed E-state index contributed by atoms with van der Waals surface area (Å²) in [5, 5.41) is 2.91. The Kier molecular flexibility index (Phi) is 10.5. The largest absolute Gasteiger partial charge is 0.352 e. The minimum absolute atomic E-state index is 0.0381. The van der Waals surface area contributed by atoms with E-state index >= 15 is 0 Å². The predicted molar refractivity (Wildman–Crippen MR) is 142 cm³/mol. The molecule has 2 unspecified atom stereocenters. The third-order valence-corrected chi connectivity index (χ3v) is 7.28. The smallest absolute Gasteiger partial charge is 0.242 e. The Balaban J connectivity index is 2.19. The van der Waals surface area contributed by atoms with Crippen LogP contribution in [0.3, 0.4) is 0 Å². The molecule has 36 heavy (non-hydrogen) atoms. The van der Waals surface area contributed by atoms with Gasteiger partial charge in [-0.15, -0.1) is 0 Å². The van der Waals surface area contributed by atoms with E-state index in [9.17, 15) is 22.4 Å². The fourth-order valence-electron chi connectivity index (χ4n) is 3.93. The Morgan fingerprint density at radius 1 is 1.03 bits per heavy atom. The van der Waals surface area contributed by atoms with Gasteiger partial charge in [0.05, 0.1) is 11.9 Å². The number of sulfonamides is 1. The van der Waals surface area contributed by atoms with Crippen molar-refractivity contribution < 1.29 is 22.4 Å². The summed E-state index contributed by atoms with van der Waals surface area (Å²) in [6.45, 7) is 9.59. The molecule has 2 atom stereocenters. The van der Waals surface area contributed by atoms with Crippen molar-refractivity contribution in [3.63, 3.8) is 0 Å². The number of hydrogen-bond acceptors (Lipinski definition) is 4. The van der Waals surface area contributed by atoms with Crippen LogP contribution in [0.2, 0.25) is 0 Å². The highest BCUT2D eigenvalue weighted by atomic mass is 32.2. The Labute approximate surface area is 214 Å². The van der Waals surface area contributed by atoms with E-state index in [0.29, 0.717) is 11.3 Å². The van der Waals surface area contributed by atoms with E-state index in [0.717, 1.165) is 23.8 Å². The maximum Gasteiger partial charge on any atom is 0.242 e. The van der Waals surface area contributed by atoms with Crippen LogP contribution in [-0.4, -0.2) is 50.0 Å². The summed E-state index contributed by atoms with van der Waals surface area (Å²) >= 11 is 0. The number of nitrogens with zero attached hydrogens (tertiary/aromatic N) is 2. The number of carbonyl (C=O) groups excluding carboxylic acids is 2. The van der Waals surface area contributed by atoms with Gasteiger partial charge in [-0.25, -0.2) is 12.8 Å². The average molecular weight is 520 g/mol. The third kappa shape index (κ3) is 8.62. The lowest BCUT2D eigenvalue weighted by Gasteiger charge is -2.30. The lowest BCUT2D eigenvalue weighted by atomic mass is 10.1. The minimum atomic E-state index is -3.56. The standard InChI is InChI=1S/C27H38FN3O4S/c1-7-21(4)29-27(33)22(5)30(18-23-10-12-24(28)13-11-23)26(32)9-8-14-31(36(6,34)35)25-16-19(2)15-20(3)17-25/h10-13,15-17,21-22H,7-9,14,18H2,1-6H3,(H,29,33). The molecular formula is C27H38FN3O4S. The van der Waals surface area contributed by atoms with Crippen molar-refractivity contribution in [2.75, 3.05) is 17.1 Å². The van der Waals surface area contributed by atoms with Crippen LogP contribution in [0.25, 0.3) is 0 Å². The van der Waals surface area contributed by atoms with Crippen LogP contribution in [0, 0.1) is 19.7 Å². The summed E-state index contributed by atoms with van der Waals surface area (Å²) in [4.78, 5) is 27.6. The first kappa shape index (κ1) is 29.3. The molecule has 0 saturated heterocycles. The summed E-state index contributed by atoms with van der Waals surface area (Å²) in [6.07, 6.45) is 2.23. The molecule has 0 saturated carbocycles. The van der Waals surface area contributed by atoms with Gasteiger partial charge in [0.2, 0.25) is 21.8 Å². The van der Waals surface area contributed by atoms with Crippen molar-refractivity contribution in [1.29, 1.82) is 0 Å². The second kappa shape index (κ2) is 12.9. The zero-order chi connectivity index (χ0) is 27.0. The SMILES string of the molecule is CCC(C)NC(=O)C(C)N(Cc1ccc(F)cc1)C(=O)CCCN(c1cc(C)cc(C)c1)S(C)(=O)=O. The molecule has 0 fully saturated rings. The van der Waals surface area contributed by atoms with Crippen molar-refractivity contribution >= 4 is 27.5 Å². The van der Waals surface area contributed by atoms with Gasteiger partial charge in [-0.05, 0) is 81.5 Å². The second-order valence-corrected chi connectivity index (χ2v) is 11.3. The van der Waals surface area contributed by atoms with E-state index in [4.69, 9.17) is 0 Å². The molecule has 0 aliphatic carbocycles. The highest BCUT2D eigenvalue weighted by Gasteiger charge is 2.27. The summed E-state index contributed by atoms with van der Waals surface area (Å²) in [5.74, 6) is -0.931. The number of halogens is 1. The van der Waals surface area contributed by atoms with Crippen molar-refractivity contribution in [2.24, 2.45) is 0 Å². The molecule has 0 radical (unpaired) electrons. The monoisotopic (exact) mass is 519 g/mol. The molecule has 1 N–H and O–H groups in total. The molecule has 2 rings (SSSR count). The molecular weight excluding hydrogens is 481 g/mol. The molecule has 0 aromatic heterocycles. The molecule has 2 aromatic carbocycles. The highest BCUT2D eigenvalue weighted by Crippen LogP contribution is 2.22. The van der Waals surface area contributed by atoms with Crippen LogP contribution >= 0.6 is 0 Å². The first-order valence-corrected chi connectivity index (χ1v) is 14.1. The van der Waals surface area contributed by atoms with Crippen LogP contribution < -0.4 is 9.62 Å². The summed E-state index contributed by atoms with van der Waals surface area (Å²) in [5.41, 5.74) is 3.15. The van der Waals surface area contributed by atoms with Gasteiger partial charge in [0.15, 0.2) is 0 Å². The first-order valence-electron chi connectivity index (χ1n) is 12.2. The number of hydrogen-bond donors (Lipinski definition) is 1. The number of aryl methyl sites for hydroxylation is 2. The first-order chi connectivity index (χ1) is 16.8. The number of nitrogens with one attached hydrogen (secondary N) is 1. The number of amides is 2. The lowest BCUT2D eigenvalue weighted by Crippen LogP contribution is -2.49. The van der Waals surface area contributed by atoms with Crippen LogP contribution in [0.5, 0.6) is 0 Å². The Morgan fingerprint density at radius 3 is 2.14 bits per heavy atom. The van der Waals surface area contributed by atoms with Crippen molar-refractivity contribution in [2.45, 2.75) is 72.5 Å². The van der Waals surface area contributed by atoms with Gasteiger partial charge in [-0.1, -0.05) is 25.1 Å². The van der Waals surface area contributed by atoms with E-state index < -0.39 is 16.1 Å². The zero-order valence-electron chi connectivity index (χ0n) is 22.0. The number of anilines is 1. The van der Waals surface area contributed by atoms with E-state index in [1.54, 1.807) is 31.2 Å². The van der Waals surface area contributed by atoms with Gasteiger partial charge >= 0.3 is 0 Å². The maximum atomic E-state index is 13.4. The van der Waals surface area contributed by atoms with Crippen LogP contribution in [0.1, 0.15) is 56.7 Å². The van der Waals surface area contributed by atoms with Crippen molar-refractivity contribution in [1.82, 2.24) is 10.2 Å². The Bertz CT molecular complexity index is 1130. The van der Waals surface area contributed by atoms with E-state index in [-0.39, 0.29) is 49.6 Å². The fraction of sp³-hybridized carbons (Fsp3) is 0.481. The molecule has 198 valence electrons. The second-order valence-electron chi connectivity index (χ2n) is 9.43. The van der Waals surface area contributed by atoms with E-state index in [1.165, 1.54) is 21.3 Å². The summed E-state index contributed by atoms with van der Waals surface area (Å²) < 4.78 is 39.7. The quantitative estimate of drug-likeness (QED) is 0.453. The van der Waals surface area contributed by atoms with Gasteiger partial charge in [-0.2, -0.15) is 0 Å². The van der Waals surface area contributed by atoms with Crippen molar-refractivity contribution in [3.8, 4) is 0 Å². The van der Waals surface area contributed by atoms with Crippen molar-refractivity contribution in [3.05, 3.63) is 65.0 Å². The number of rotatable bonds is 12. The van der Waals surface area contributed by atoms with Gasteiger partial charge in [0, 0.05) is 25.6 Å². The molecule has 2 amide bonds. The van der Waals surface area contributed by atoms with Crippen LogP contribution in [-0.2, 0) is 26.2 Å². The molecule has 0 spiro atoms. The normalized spacial score (nSPS) is 13.1. The van der Waals surface area contributed by atoms with Gasteiger partial charge in [-0.3, -0.25) is 13.9 Å². The highest BCUT2D eigenvalue weighted by molar-refractivity contribution is 7.92. The average Bonchev–Trinajstić information content (AvgIpc) is 2.79. The lowest BCUT2D eigenvalue weighted by molar-refractivity contribution is -0.140. The predicted octanol–water partition coefficient (Wildman–Crippen LogP) is 4.32. The number of carbonyl (C=O) groups is 2. The molecule has 0 aliphatic heterocycles. The maximum absolute atomic E-state index is 13.4. The third-order valence-electron chi connectivity index (χ3n) is 6.08. The van der Waals surface area contributed by atoms with Gasteiger partial charge in [0.1, 0.15) is 11.9 Å². The number of benzene rings is 2. The molecule has 9 heteroatoms. The summed E-state index contributed by atoms with van der Waals surface area (Å²) in [7, 11) is -3.56. The zero-order valence-corrected chi connectivity index (χ0v) is 22.9. The molecule has 0 aliphatic rings. The summed E-state index contributed by atoms with van der Waals surface area (Å²) in [6, 6.07) is 10.6. The van der Waals surface area contributed by atoms with Crippen LogP contribution in [0.15, 0.2) is 42.5 Å². The molecule has 2 aromatic rings. The molecule has 0 heterocycles. The molecule has 7 nitrogen and oxygen atoms in total. The topological polar surface area (TPSA) is 86.8 Å². The van der Waals surface area contributed by atoms with Gasteiger partial charge in [0.25, 0.3) is 0 Å². The van der Waals surface area contributed by atoms with E-state index in [2.05, 4.69) is 5.32 Å². The Morgan fingerprint density at radius 2 is 1.61 bits per heavy atom. The van der Waals surface area contributed by atoms with Crippen LogP contribution in [0.4, 0.5) is 10.1 Å². The van der Waals surface area contributed by atoms with Gasteiger partial charge < -0.3 is 10.2 Å².